The van der Waals surface area contributed by atoms with E-state index in [1.807, 2.05) is 20.8 Å². The lowest BCUT2D eigenvalue weighted by atomic mass is 10.2. The molecule has 2 N–H and O–H groups in total. The molecule has 0 amide bonds. The Kier molecular flexibility index (Phi) is 4.66. The van der Waals surface area contributed by atoms with Crippen molar-refractivity contribution in [2.75, 3.05) is 6.54 Å². The summed E-state index contributed by atoms with van der Waals surface area (Å²) in [5, 5.41) is 3.41. The van der Waals surface area contributed by atoms with Crippen LogP contribution in [0.3, 0.4) is 0 Å². The number of thiophene rings is 1. The van der Waals surface area contributed by atoms with Gasteiger partial charge in [-0.05, 0) is 31.7 Å². The van der Waals surface area contributed by atoms with Crippen molar-refractivity contribution >= 4 is 21.4 Å². The molecule has 0 aliphatic heterocycles. The van der Waals surface area contributed by atoms with Gasteiger partial charge in [-0.25, -0.2) is 13.1 Å². The second-order valence-electron chi connectivity index (χ2n) is 5.53. The van der Waals surface area contributed by atoms with Crippen LogP contribution in [-0.2, 0) is 16.6 Å². The van der Waals surface area contributed by atoms with E-state index in [1.54, 1.807) is 17.4 Å². The third-order valence-corrected chi connectivity index (χ3v) is 5.77. The molecule has 1 aromatic rings. The summed E-state index contributed by atoms with van der Waals surface area (Å²) in [7, 11) is -3.36. The third kappa shape index (κ3) is 4.27. The van der Waals surface area contributed by atoms with Gasteiger partial charge in [-0.3, -0.25) is 0 Å². The molecule has 0 saturated heterocycles. The molecule has 1 fully saturated rings. The van der Waals surface area contributed by atoms with Gasteiger partial charge in [0.15, 0.2) is 0 Å². The van der Waals surface area contributed by atoms with Gasteiger partial charge in [-0.2, -0.15) is 0 Å². The van der Waals surface area contributed by atoms with E-state index >= 15 is 0 Å². The number of hydrogen-bond donors (Lipinski definition) is 2. The molecule has 0 spiro atoms. The summed E-state index contributed by atoms with van der Waals surface area (Å²) in [6.45, 7) is 7.11. The van der Waals surface area contributed by atoms with Crippen LogP contribution in [0.4, 0.5) is 0 Å². The fourth-order valence-corrected chi connectivity index (χ4v) is 4.56. The first-order valence-corrected chi connectivity index (χ1v) is 9.01. The van der Waals surface area contributed by atoms with Crippen LogP contribution >= 0.6 is 11.3 Å². The van der Waals surface area contributed by atoms with E-state index < -0.39 is 10.0 Å². The minimum Gasteiger partial charge on any atom is -0.309 e. The average Bonchev–Trinajstić information content (AvgIpc) is 3.07. The summed E-state index contributed by atoms with van der Waals surface area (Å²) in [5.41, 5.74) is 0. The lowest BCUT2D eigenvalue weighted by molar-refractivity contribution is 0.560. The standard InChI is InChI=1S/C13H22N2O2S2/c1-9(2)7-15-19(16,17)13-6-12(18-10(13)3)8-14-11-4-5-11/h6,9,11,14-15H,4-5,7-8H2,1-3H3. The van der Waals surface area contributed by atoms with Crippen molar-refractivity contribution in [1.82, 2.24) is 10.0 Å². The molecule has 0 bridgehead atoms. The number of aryl methyl sites for hydroxylation is 1. The van der Waals surface area contributed by atoms with Gasteiger partial charge in [-0.1, -0.05) is 13.8 Å². The van der Waals surface area contributed by atoms with Gasteiger partial charge >= 0.3 is 0 Å². The van der Waals surface area contributed by atoms with E-state index in [9.17, 15) is 8.42 Å². The average molecular weight is 302 g/mol. The van der Waals surface area contributed by atoms with E-state index in [0.717, 1.165) is 16.3 Å². The van der Waals surface area contributed by atoms with E-state index in [2.05, 4.69) is 10.0 Å². The van der Waals surface area contributed by atoms with Gasteiger partial charge in [0.05, 0.1) is 4.90 Å². The van der Waals surface area contributed by atoms with Crippen LogP contribution in [0, 0.1) is 12.8 Å². The highest BCUT2D eigenvalue weighted by Crippen LogP contribution is 2.27. The van der Waals surface area contributed by atoms with Crippen LogP contribution in [0.1, 0.15) is 36.4 Å². The molecule has 0 aromatic carbocycles. The summed E-state index contributed by atoms with van der Waals surface area (Å²) in [5.74, 6) is 0.310. The fourth-order valence-electron chi connectivity index (χ4n) is 1.76. The Labute approximate surface area is 119 Å². The molecular formula is C13H22N2O2S2. The zero-order chi connectivity index (χ0) is 14.0. The highest BCUT2D eigenvalue weighted by Gasteiger charge is 2.22. The molecule has 1 saturated carbocycles. The Morgan fingerprint density at radius 3 is 2.68 bits per heavy atom. The third-order valence-electron chi connectivity index (χ3n) is 3.04. The fraction of sp³-hybridized carbons (Fsp3) is 0.692. The first-order valence-electron chi connectivity index (χ1n) is 6.71. The minimum absolute atomic E-state index is 0.310. The largest absolute Gasteiger partial charge is 0.309 e. The molecule has 2 rings (SSSR count). The number of nitrogens with one attached hydrogen (secondary N) is 2. The molecule has 0 radical (unpaired) electrons. The maximum atomic E-state index is 12.2. The molecule has 1 aromatic heterocycles. The van der Waals surface area contributed by atoms with Crippen molar-refractivity contribution in [2.45, 2.75) is 51.1 Å². The summed E-state index contributed by atoms with van der Waals surface area (Å²) in [6.07, 6.45) is 2.48. The van der Waals surface area contributed by atoms with E-state index in [0.29, 0.717) is 23.4 Å². The van der Waals surface area contributed by atoms with Crippen LogP contribution in [0.25, 0.3) is 0 Å². The number of hydrogen-bond acceptors (Lipinski definition) is 4. The maximum absolute atomic E-state index is 12.2. The number of sulfonamides is 1. The summed E-state index contributed by atoms with van der Waals surface area (Å²) < 4.78 is 27.1. The minimum atomic E-state index is -3.36. The smallest absolute Gasteiger partial charge is 0.241 e. The quantitative estimate of drug-likeness (QED) is 0.812. The van der Waals surface area contributed by atoms with Gasteiger partial charge in [0.25, 0.3) is 0 Å². The highest BCUT2D eigenvalue weighted by atomic mass is 32.2. The molecule has 1 aliphatic rings. The normalized spacial score (nSPS) is 16.2. The Hall–Kier alpha value is -0.430. The molecule has 6 heteroatoms. The van der Waals surface area contributed by atoms with Crippen LogP contribution in [0.5, 0.6) is 0 Å². The molecule has 4 nitrogen and oxygen atoms in total. The maximum Gasteiger partial charge on any atom is 0.241 e. The van der Waals surface area contributed by atoms with Crippen LogP contribution < -0.4 is 10.0 Å². The van der Waals surface area contributed by atoms with Gasteiger partial charge in [0.2, 0.25) is 10.0 Å². The van der Waals surface area contributed by atoms with E-state index in [-0.39, 0.29) is 0 Å². The Bertz CT molecular complexity index is 531. The van der Waals surface area contributed by atoms with Crippen LogP contribution in [-0.4, -0.2) is 21.0 Å². The van der Waals surface area contributed by atoms with Crippen LogP contribution in [0.15, 0.2) is 11.0 Å². The Balaban J connectivity index is 2.05. The first-order chi connectivity index (χ1) is 8.88. The number of rotatable bonds is 7. The lowest BCUT2D eigenvalue weighted by Gasteiger charge is -2.08. The second-order valence-corrected chi connectivity index (χ2v) is 8.61. The Morgan fingerprint density at radius 1 is 1.42 bits per heavy atom. The van der Waals surface area contributed by atoms with Crippen LogP contribution in [0.2, 0.25) is 0 Å². The molecular weight excluding hydrogens is 280 g/mol. The summed E-state index contributed by atoms with van der Waals surface area (Å²) >= 11 is 1.56. The van der Waals surface area contributed by atoms with Gasteiger partial charge in [0, 0.05) is 28.9 Å². The van der Waals surface area contributed by atoms with Crippen molar-refractivity contribution in [3.63, 3.8) is 0 Å². The van der Waals surface area contributed by atoms with Gasteiger partial charge < -0.3 is 5.32 Å². The zero-order valence-electron chi connectivity index (χ0n) is 11.7. The summed E-state index contributed by atoms with van der Waals surface area (Å²) in [4.78, 5) is 2.39. The van der Waals surface area contributed by atoms with Crippen molar-refractivity contribution in [1.29, 1.82) is 0 Å². The van der Waals surface area contributed by atoms with E-state index in [4.69, 9.17) is 0 Å². The van der Waals surface area contributed by atoms with E-state index in [1.165, 1.54) is 12.8 Å². The second kappa shape index (κ2) is 5.91. The van der Waals surface area contributed by atoms with Gasteiger partial charge in [-0.15, -0.1) is 11.3 Å². The highest BCUT2D eigenvalue weighted by molar-refractivity contribution is 7.89. The van der Waals surface area contributed by atoms with Crippen molar-refractivity contribution < 1.29 is 8.42 Å². The predicted octanol–water partition coefficient (Wildman–Crippen LogP) is 2.24. The summed E-state index contributed by atoms with van der Waals surface area (Å²) in [6, 6.07) is 2.44. The van der Waals surface area contributed by atoms with Crippen molar-refractivity contribution in [3.05, 3.63) is 15.8 Å². The lowest BCUT2D eigenvalue weighted by Crippen LogP contribution is -2.27. The first kappa shape index (κ1) is 15.0. The molecule has 108 valence electrons. The Morgan fingerprint density at radius 2 is 2.11 bits per heavy atom. The molecule has 1 aliphatic carbocycles. The van der Waals surface area contributed by atoms with Gasteiger partial charge in [0.1, 0.15) is 0 Å². The van der Waals surface area contributed by atoms with Crippen molar-refractivity contribution in [2.24, 2.45) is 5.92 Å². The predicted molar refractivity (Wildman–Crippen MR) is 78.9 cm³/mol. The topological polar surface area (TPSA) is 58.2 Å². The molecule has 0 unspecified atom stereocenters. The zero-order valence-corrected chi connectivity index (χ0v) is 13.3. The van der Waals surface area contributed by atoms with Crippen molar-refractivity contribution in [3.8, 4) is 0 Å². The SMILES string of the molecule is Cc1sc(CNC2CC2)cc1S(=O)(=O)NCC(C)C. The monoisotopic (exact) mass is 302 g/mol. The molecule has 19 heavy (non-hydrogen) atoms. The molecule has 0 atom stereocenters. The molecule has 1 heterocycles.